The van der Waals surface area contributed by atoms with E-state index in [2.05, 4.69) is 36.5 Å². The van der Waals surface area contributed by atoms with Crippen LogP contribution in [0.1, 0.15) is 58.3 Å². The summed E-state index contributed by atoms with van der Waals surface area (Å²) in [5.41, 5.74) is 1.23. The zero-order valence-corrected chi connectivity index (χ0v) is 13.3. The minimum Gasteiger partial charge on any atom is -0.490 e. The molecule has 2 aliphatic carbocycles. The zero-order chi connectivity index (χ0) is 14.5. The van der Waals surface area contributed by atoms with E-state index in [4.69, 9.17) is 4.74 Å². The lowest BCUT2D eigenvalue weighted by Crippen LogP contribution is -2.20. The van der Waals surface area contributed by atoms with Crippen LogP contribution < -0.4 is 10.1 Å². The van der Waals surface area contributed by atoms with Gasteiger partial charge in [-0.25, -0.2) is 0 Å². The van der Waals surface area contributed by atoms with Crippen LogP contribution in [-0.4, -0.2) is 12.6 Å². The van der Waals surface area contributed by atoms with Gasteiger partial charge in [-0.3, -0.25) is 0 Å². The highest BCUT2D eigenvalue weighted by atomic mass is 16.5. The Balaban J connectivity index is 1.45. The van der Waals surface area contributed by atoms with Crippen LogP contribution in [0.25, 0.3) is 0 Å². The summed E-state index contributed by atoms with van der Waals surface area (Å²) in [4.78, 5) is 0. The number of ether oxygens (including phenoxy) is 1. The summed E-state index contributed by atoms with van der Waals surface area (Å²) < 4.78 is 6.01. The summed E-state index contributed by atoms with van der Waals surface area (Å²) in [6.07, 6.45) is 11.1. The number of hydrogen-bond donors (Lipinski definition) is 1. The molecule has 0 aliphatic heterocycles. The van der Waals surface area contributed by atoms with E-state index < -0.39 is 0 Å². The van der Waals surface area contributed by atoms with Crippen LogP contribution >= 0.6 is 0 Å². The first-order valence-corrected chi connectivity index (χ1v) is 8.80. The lowest BCUT2D eigenvalue weighted by molar-refractivity contribution is 0.210. The van der Waals surface area contributed by atoms with Crippen molar-refractivity contribution in [3.63, 3.8) is 0 Å². The van der Waals surface area contributed by atoms with Crippen LogP contribution in [0.4, 0.5) is 5.69 Å². The first kappa shape index (κ1) is 14.7. The van der Waals surface area contributed by atoms with Crippen molar-refractivity contribution in [1.29, 1.82) is 0 Å². The van der Waals surface area contributed by atoms with Gasteiger partial charge in [-0.05, 0) is 74.6 Å². The van der Waals surface area contributed by atoms with Gasteiger partial charge in [-0.15, -0.1) is 0 Å². The molecule has 1 aromatic rings. The second-order valence-electron chi connectivity index (χ2n) is 7.07. The smallest absolute Gasteiger partial charge is 0.119 e. The van der Waals surface area contributed by atoms with Crippen LogP contribution in [0.3, 0.4) is 0 Å². The van der Waals surface area contributed by atoms with Crippen molar-refractivity contribution in [3.8, 4) is 5.75 Å². The Bertz CT molecular complexity index is 422. The Morgan fingerprint density at radius 3 is 2.48 bits per heavy atom. The zero-order valence-electron chi connectivity index (χ0n) is 13.3. The predicted octanol–water partition coefficient (Wildman–Crippen LogP) is 5.25. The summed E-state index contributed by atoms with van der Waals surface area (Å²) in [7, 11) is 0. The maximum atomic E-state index is 6.01. The van der Waals surface area contributed by atoms with Crippen molar-refractivity contribution < 1.29 is 4.74 Å². The molecule has 0 heterocycles. The maximum absolute atomic E-state index is 6.01. The average molecular weight is 287 g/mol. The molecule has 0 saturated heterocycles. The average Bonchev–Trinajstić information content (AvgIpc) is 3.00. The van der Waals surface area contributed by atoms with Crippen molar-refractivity contribution in [2.24, 2.45) is 11.8 Å². The number of hydrogen-bond acceptors (Lipinski definition) is 2. The van der Waals surface area contributed by atoms with E-state index in [1.165, 1.54) is 57.1 Å². The highest BCUT2D eigenvalue weighted by Crippen LogP contribution is 2.29. The third-order valence-corrected chi connectivity index (χ3v) is 5.10. The van der Waals surface area contributed by atoms with Gasteiger partial charge in [0.1, 0.15) is 5.75 Å². The van der Waals surface area contributed by atoms with Gasteiger partial charge in [-0.2, -0.15) is 0 Å². The summed E-state index contributed by atoms with van der Waals surface area (Å²) in [6, 6.07) is 8.56. The second-order valence-corrected chi connectivity index (χ2v) is 7.07. The van der Waals surface area contributed by atoms with Gasteiger partial charge < -0.3 is 10.1 Å². The van der Waals surface area contributed by atoms with Gasteiger partial charge in [0.25, 0.3) is 0 Å². The fourth-order valence-electron chi connectivity index (χ4n) is 3.86. The van der Waals surface area contributed by atoms with Gasteiger partial charge >= 0.3 is 0 Å². The molecule has 2 atom stereocenters. The van der Waals surface area contributed by atoms with Gasteiger partial charge in [0.05, 0.1) is 6.10 Å². The van der Waals surface area contributed by atoms with Crippen LogP contribution in [0, 0.1) is 11.8 Å². The molecule has 116 valence electrons. The SMILES string of the molecule is CC1CCCC(CNc2ccc(OC3CCCC3)cc2)C1. The van der Waals surface area contributed by atoms with Crippen molar-refractivity contribution in [2.45, 2.75) is 64.4 Å². The minimum absolute atomic E-state index is 0.451. The number of nitrogens with one attached hydrogen (secondary N) is 1. The van der Waals surface area contributed by atoms with Gasteiger partial charge in [0.2, 0.25) is 0 Å². The molecule has 2 aliphatic rings. The Morgan fingerprint density at radius 2 is 1.76 bits per heavy atom. The van der Waals surface area contributed by atoms with Gasteiger partial charge in [-0.1, -0.05) is 19.8 Å². The quantitative estimate of drug-likeness (QED) is 0.799. The van der Waals surface area contributed by atoms with Gasteiger partial charge in [0, 0.05) is 12.2 Å². The standard InChI is InChI=1S/C19H29NO/c1-15-5-4-6-16(13-15)14-20-17-9-11-19(12-10-17)21-18-7-2-3-8-18/h9-12,15-16,18,20H,2-8,13-14H2,1H3. The summed E-state index contributed by atoms with van der Waals surface area (Å²) in [5.74, 6) is 2.79. The van der Waals surface area contributed by atoms with Crippen molar-refractivity contribution in [2.75, 3.05) is 11.9 Å². The Hall–Kier alpha value is -1.18. The second kappa shape index (κ2) is 7.20. The fraction of sp³-hybridized carbons (Fsp3) is 0.684. The van der Waals surface area contributed by atoms with Gasteiger partial charge in [0.15, 0.2) is 0 Å². The van der Waals surface area contributed by atoms with Crippen LogP contribution in [0.15, 0.2) is 24.3 Å². The molecule has 0 radical (unpaired) electrons. The molecule has 1 aromatic carbocycles. The van der Waals surface area contributed by atoms with Crippen LogP contribution in [-0.2, 0) is 0 Å². The van der Waals surface area contributed by atoms with Crippen LogP contribution in [0.2, 0.25) is 0 Å². The number of benzene rings is 1. The molecule has 2 nitrogen and oxygen atoms in total. The molecule has 0 bridgehead atoms. The fourth-order valence-corrected chi connectivity index (χ4v) is 3.86. The molecule has 2 heteroatoms. The maximum Gasteiger partial charge on any atom is 0.119 e. The van der Waals surface area contributed by atoms with Crippen molar-refractivity contribution in [1.82, 2.24) is 0 Å². The summed E-state index contributed by atoms with van der Waals surface area (Å²) in [6.45, 7) is 3.51. The first-order valence-electron chi connectivity index (χ1n) is 8.80. The highest BCUT2D eigenvalue weighted by molar-refractivity contribution is 5.46. The monoisotopic (exact) mass is 287 g/mol. The highest BCUT2D eigenvalue weighted by Gasteiger charge is 2.18. The van der Waals surface area contributed by atoms with E-state index in [-0.39, 0.29) is 0 Å². The predicted molar refractivity (Wildman–Crippen MR) is 88.9 cm³/mol. The largest absolute Gasteiger partial charge is 0.490 e. The van der Waals surface area contributed by atoms with Crippen LogP contribution in [0.5, 0.6) is 5.75 Å². The molecule has 21 heavy (non-hydrogen) atoms. The van der Waals surface area contributed by atoms with E-state index in [9.17, 15) is 0 Å². The molecular formula is C19H29NO. The summed E-state index contributed by atoms with van der Waals surface area (Å²) in [5, 5.41) is 3.60. The first-order chi connectivity index (χ1) is 10.3. The molecule has 2 saturated carbocycles. The molecule has 0 spiro atoms. The molecule has 3 rings (SSSR count). The summed E-state index contributed by atoms with van der Waals surface area (Å²) >= 11 is 0. The molecule has 0 amide bonds. The van der Waals surface area contributed by atoms with E-state index in [0.717, 1.165) is 24.1 Å². The van der Waals surface area contributed by atoms with Crippen molar-refractivity contribution in [3.05, 3.63) is 24.3 Å². The Kier molecular flexibility index (Phi) is 5.05. The molecule has 1 N–H and O–H groups in total. The lowest BCUT2D eigenvalue weighted by Gasteiger charge is -2.27. The Labute approximate surface area is 129 Å². The topological polar surface area (TPSA) is 21.3 Å². The van der Waals surface area contributed by atoms with Crippen molar-refractivity contribution >= 4 is 5.69 Å². The van der Waals surface area contributed by atoms with E-state index >= 15 is 0 Å². The normalized spacial score (nSPS) is 26.7. The third kappa shape index (κ3) is 4.39. The number of anilines is 1. The third-order valence-electron chi connectivity index (χ3n) is 5.10. The van der Waals surface area contributed by atoms with E-state index in [1.54, 1.807) is 0 Å². The molecule has 0 aromatic heterocycles. The molecule has 2 unspecified atom stereocenters. The number of rotatable bonds is 5. The minimum atomic E-state index is 0.451. The molecular weight excluding hydrogens is 258 g/mol. The lowest BCUT2D eigenvalue weighted by atomic mass is 9.82. The molecule has 2 fully saturated rings. The Morgan fingerprint density at radius 1 is 1.00 bits per heavy atom. The van der Waals surface area contributed by atoms with E-state index in [1.807, 2.05) is 0 Å². The van der Waals surface area contributed by atoms with E-state index in [0.29, 0.717) is 6.10 Å².